The number of hydrogen-bond acceptors (Lipinski definition) is 6. The summed E-state index contributed by atoms with van der Waals surface area (Å²) < 4.78 is 0. The van der Waals surface area contributed by atoms with E-state index in [0.717, 1.165) is 25.9 Å². The largest absolute Gasteiger partial charge is 0.368 e. The molecule has 0 aliphatic carbocycles. The number of amides is 2. The van der Waals surface area contributed by atoms with Crippen molar-refractivity contribution in [3.63, 3.8) is 0 Å². The van der Waals surface area contributed by atoms with Gasteiger partial charge in [-0.05, 0) is 50.2 Å². The minimum Gasteiger partial charge on any atom is -0.368 e. The first-order valence-corrected chi connectivity index (χ1v) is 8.51. The summed E-state index contributed by atoms with van der Waals surface area (Å²) in [6.07, 6.45) is 4.77. The van der Waals surface area contributed by atoms with E-state index in [1.54, 1.807) is 29.2 Å². The van der Waals surface area contributed by atoms with Gasteiger partial charge in [0.05, 0.1) is 18.1 Å². The summed E-state index contributed by atoms with van der Waals surface area (Å²) in [6, 6.07) is 6.87. The number of rotatable bonds is 4. The predicted molar refractivity (Wildman–Crippen MR) is 98.8 cm³/mol. The maximum atomic E-state index is 12.6. The topological polar surface area (TPSA) is 113 Å². The predicted octanol–water partition coefficient (Wildman–Crippen LogP) is 1.14. The highest BCUT2D eigenvalue weighted by molar-refractivity contribution is 6.05. The number of nitrogens with zero attached hydrogens (tertiary/aromatic N) is 3. The molecule has 2 amide bonds. The monoisotopic (exact) mass is 354 g/mol. The number of nitrogens with two attached hydrogens (primary N) is 1. The Bertz CT molecular complexity index is 769. The molecular formula is C18H22N6O2. The Hall–Kier alpha value is -3.00. The van der Waals surface area contributed by atoms with Crippen molar-refractivity contribution in [2.75, 3.05) is 31.2 Å². The van der Waals surface area contributed by atoms with E-state index in [-0.39, 0.29) is 23.8 Å². The molecule has 0 atom stereocenters. The van der Waals surface area contributed by atoms with Crippen LogP contribution in [0.4, 0.5) is 11.6 Å². The summed E-state index contributed by atoms with van der Waals surface area (Å²) in [6.45, 7) is 1.85. The second kappa shape index (κ2) is 7.92. The van der Waals surface area contributed by atoms with E-state index >= 15 is 0 Å². The van der Waals surface area contributed by atoms with Crippen LogP contribution in [0.3, 0.4) is 0 Å². The number of piperidine rings is 1. The molecule has 3 rings (SSSR count). The number of hydrogen-bond donors (Lipinski definition) is 3. The molecule has 1 aromatic carbocycles. The van der Waals surface area contributed by atoms with Crippen LogP contribution in [-0.2, 0) is 0 Å². The molecular weight excluding hydrogens is 332 g/mol. The van der Waals surface area contributed by atoms with Gasteiger partial charge in [0, 0.05) is 24.2 Å². The van der Waals surface area contributed by atoms with Crippen molar-refractivity contribution in [3.05, 3.63) is 47.8 Å². The molecule has 0 saturated carbocycles. The van der Waals surface area contributed by atoms with Crippen molar-refractivity contribution in [1.29, 1.82) is 0 Å². The molecule has 136 valence electrons. The number of carbonyl (C=O) groups is 2. The number of benzene rings is 1. The van der Waals surface area contributed by atoms with Gasteiger partial charge in [-0.15, -0.1) is 0 Å². The van der Waals surface area contributed by atoms with Gasteiger partial charge in [0.25, 0.3) is 11.8 Å². The summed E-state index contributed by atoms with van der Waals surface area (Å²) in [5.41, 5.74) is 6.89. The van der Waals surface area contributed by atoms with Gasteiger partial charge in [0.15, 0.2) is 0 Å². The minimum absolute atomic E-state index is 0.0317. The number of anilines is 2. The Labute approximate surface area is 151 Å². The van der Waals surface area contributed by atoms with Crippen LogP contribution in [0.2, 0.25) is 0 Å². The van der Waals surface area contributed by atoms with Crippen molar-refractivity contribution in [2.45, 2.75) is 18.9 Å². The first kappa shape index (κ1) is 17.8. The van der Waals surface area contributed by atoms with E-state index in [4.69, 9.17) is 5.73 Å². The molecule has 1 aromatic heterocycles. The van der Waals surface area contributed by atoms with E-state index in [0.29, 0.717) is 16.8 Å². The third kappa shape index (κ3) is 4.15. The van der Waals surface area contributed by atoms with Gasteiger partial charge in [-0.1, -0.05) is 0 Å². The lowest BCUT2D eigenvalue weighted by Crippen LogP contribution is -2.43. The third-order valence-corrected chi connectivity index (χ3v) is 4.50. The van der Waals surface area contributed by atoms with Crippen LogP contribution in [0, 0.1) is 0 Å². The highest BCUT2D eigenvalue weighted by Gasteiger charge is 2.22. The second-order valence-corrected chi connectivity index (χ2v) is 6.26. The van der Waals surface area contributed by atoms with Crippen LogP contribution in [-0.4, -0.2) is 52.9 Å². The van der Waals surface area contributed by atoms with Gasteiger partial charge in [0.2, 0.25) is 5.95 Å². The maximum absolute atomic E-state index is 12.6. The molecule has 26 heavy (non-hydrogen) atoms. The SMILES string of the molecule is CN(C(=O)c1ccc(C(=O)Nc2cnc(N)nc2)cc1)C1CCNCC1. The highest BCUT2D eigenvalue weighted by Crippen LogP contribution is 2.15. The second-order valence-electron chi connectivity index (χ2n) is 6.26. The smallest absolute Gasteiger partial charge is 0.255 e. The van der Waals surface area contributed by atoms with Crippen molar-refractivity contribution in [2.24, 2.45) is 0 Å². The zero-order valence-corrected chi connectivity index (χ0v) is 14.6. The van der Waals surface area contributed by atoms with E-state index in [1.165, 1.54) is 12.4 Å². The Kier molecular flexibility index (Phi) is 5.43. The summed E-state index contributed by atoms with van der Waals surface area (Å²) >= 11 is 0. The normalized spacial score (nSPS) is 14.7. The van der Waals surface area contributed by atoms with Crippen LogP contribution in [0.25, 0.3) is 0 Å². The lowest BCUT2D eigenvalue weighted by molar-refractivity contribution is 0.0703. The molecule has 0 unspecified atom stereocenters. The average molecular weight is 354 g/mol. The molecule has 1 aliphatic rings. The van der Waals surface area contributed by atoms with Crippen LogP contribution >= 0.6 is 0 Å². The molecule has 0 spiro atoms. The van der Waals surface area contributed by atoms with Gasteiger partial charge < -0.3 is 21.3 Å². The minimum atomic E-state index is -0.302. The van der Waals surface area contributed by atoms with Crippen LogP contribution in [0.15, 0.2) is 36.7 Å². The van der Waals surface area contributed by atoms with E-state index in [1.807, 2.05) is 7.05 Å². The van der Waals surface area contributed by atoms with Gasteiger partial charge in [-0.3, -0.25) is 9.59 Å². The molecule has 4 N–H and O–H groups in total. The number of carbonyl (C=O) groups excluding carboxylic acids is 2. The summed E-state index contributed by atoms with van der Waals surface area (Å²) in [7, 11) is 1.83. The lowest BCUT2D eigenvalue weighted by atomic mass is 10.0. The van der Waals surface area contributed by atoms with Crippen LogP contribution < -0.4 is 16.4 Å². The van der Waals surface area contributed by atoms with Crippen molar-refractivity contribution in [3.8, 4) is 0 Å². The van der Waals surface area contributed by atoms with Gasteiger partial charge in [-0.25, -0.2) is 9.97 Å². The lowest BCUT2D eigenvalue weighted by Gasteiger charge is -2.31. The first-order valence-electron chi connectivity index (χ1n) is 8.51. The average Bonchev–Trinajstić information content (AvgIpc) is 2.69. The Balaban J connectivity index is 1.64. The van der Waals surface area contributed by atoms with Gasteiger partial charge >= 0.3 is 0 Å². The molecule has 0 radical (unpaired) electrons. The maximum Gasteiger partial charge on any atom is 0.255 e. The van der Waals surface area contributed by atoms with Crippen LogP contribution in [0.1, 0.15) is 33.6 Å². The fourth-order valence-corrected chi connectivity index (χ4v) is 2.93. The number of aromatic nitrogens is 2. The zero-order chi connectivity index (χ0) is 18.5. The van der Waals surface area contributed by atoms with Crippen molar-refractivity contribution in [1.82, 2.24) is 20.2 Å². The quantitative estimate of drug-likeness (QED) is 0.759. The summed E-state index contributed by atoms with van der Waals surface area (Å²) in [5, 5.41) is 5.98. The molecule has 2 heterocycles. The fraction of sp³-hybridized carbons (Fsp3) is 0.333. The fourth-order valence-electron chi connectivity index (χ4n) is 2.93. The number of nitrogen functional groups attached to an aromatic ring is 1. The molecule has 1 fully saturated rings. The first-order chi connectivity index (χ1) is 12.5. The van der Waals surface area contributed by atoms with Crippen molar-refractivity contribution < 1.29 is 9.59 Å². The molecule has 8 heteroatoms. The molecule has 8 nitrogen and oxygen atoms in total. The molecule has 2 aromatic rings. The van der Waals surface area contributed by atoms with Gasteiger partial charge in [-0.2, -0.15) is 0 Å². The van der Waals surface area contributed by atoms with Crippen LogP contribution in [0.5, 0.6) is 0 Å². The summed E-state index contributed by atoms with van der Waals surface area (Å²) in [5.74, 6) is -0.191. The Morgan fingerprint density at radius 3 is 2.31 bits per heavy atom. The molecule has 0 bridgehead atoms. The number of nitrogens with one attached hydrogen (secondary N) is 2. The highest BCUT2D eigenvalue weighted by atomic mass is 16.2. The Morgan fingerprint density at radius 2 is 1.69 bits per heavy atom. The third-order valence-electron chi connectivity index (χ3n) is 4.50. The molecule has 1 saturated heterocycles. The Morgan fingerprint density at radius 1 is 1.12 bits per heavy atom. The van der Waals surface area contributed by atoms with Crippen molar-refractivity contribution >= 4 is 23.5 Å². The standard InChI is InChI=1S/C18H22N6O2/c1-24(15-6-8-20-9-7-15)17(26)13-4-2-12(3-5-13)16(25)23-14-10-21-18(19)22-11-14/h2-5,10-11,15,20H,6-9H2,1H3,(H,23,25)(H2,19,21,22). The van der Waals surface area contributed by atoms with E-state index in [9.17, 15) is 9.59 Å². The zero-order valence-electron chi connectivity index (χ0n) is 14.6. The molecule has 1 aliphatic heterocycles. The van der Waals surface area contributed by atoms with E-state index in [2.05, 4.69) is 20.6 Å². The summed E-state index contributed by atoms with van der Waals surface area (Å²) in [4.78, 5) is 34.3. The van der Waals surface area contributed by atoms with Gasteiger partial charge in [0.1, 0.15) is 0 Å². The van der Waals surface area contributed by atoms with E-state index < -0.39 is 0 Å².